The molecule has 0 unspecified atom stereocenters. The lowest BCUT2D eigenvalue weighted by atomic mass is 9.94. The minimum Gasteiger partial charge on any atom is -0.394 e. The number of hydrogen-bond acceptors (Lipinski definition) is 44. The van der Waals surface area contributed by atoms with Crippen LogP contribution in [0.25, 0.3) is 0 Å². The summed E-state index contributed by atoms with van der Waals surface area (Å²) in [6, 6.07) is -7.47. The summed E-state index contributed by atoms with van der Waals surface area (Å²) in [5, 5.41) is 277. The largest absolute Gasteiger partial charge is 0.394 e. The second-order valence-electron chi connectivity index (χ2n) is 27.5. The molecule has 8 saturated heterocycles. The molecule has 8 heterocycles. The van der Waals surface area contributed by atoms with Crippen molar-refractivity contribution in [3.8, 4) is 0 Å². The van der Waals surface area contributed by atoms with Crippen molar-refractivity contribution in [2.45, 2.75) is 298 Å². The fourth-order valence-electron chi connectivity index (χ4n) is 13.7. The first-order valence-corrected chi connectivity index (χ1v) is 34.8. The van der Waals surface area contributed by atoms with Crippen LogP contribution in [0.1, 0.15) is 34.6 Å². The third-order valence-corrected chi connectivity index (χ3v) is 19.6. The Hall–Kier alpha value is -3.72. The topological polar surface area (TPSA) is 750 Å². The maximum absolute atomic E-state index is 13.3. The van der Waals surface area contributed by atoms with Gasteiger partial charge >= 0.3 is 0 Å². The van der Waals surface area contributed by atoms with Gasteiger partial charge in [-0.15, -0.1) is 0 Å². The Kier molecular flexibility index (Phi) is 33.5. The molecule has 48 heteroatoms. The highest BCUT2D eigenvalue weighted by Crippen LogP contribution is 2.40. The van der Waals surface area contributed by atoms with Gasteiger partial charge in [-0.1, -0.05) is 0 Å². The van der Waals surface area contributed by atoms with Gasteiger partial charge in [0.25, 0.3) is 0 Å². The minimum atomic E-state index is -2.55. The number of nitrogens with one attached hydrogen (secondary N) is 4. The highest BCUT2D eigenvalue weighted by molar-refractivity contribution is 5.74. The van der Waals surface area contributed by atoms with E-state index in [-0.39, 0.29) is 0 Å². The van der Waals surface area contributed by atoms with Crippen LogP contribution in [0, 0.1) is 0 Å². The van der Waals surface area contributed by atoms with Crippen LogP contribution in [-0.2, 0) is 95.0 Å². The Bertz CT molecular complexity index is 2840. The molecule has 8 aliphatic heterocycles. The van der Waals surface area contributed by atoms with Gasteiger partial charge in [0.1, 0.15) is 201 Å². The third-order valence-electron chi connectivity index (χ3n) is 19.6. The van der Waals surface area contributed by atoms with Crippen molar-refractivity contribution < 1.29 is 218 Å². The molecular formula is C61H104N4O44. The van der Waals surface area contributed by atoms with Crippen LogP contribution in [0.3, 0.4) is 0 Å². The van der Waals surface area contributed by atoms with Crippen molar-refractivity contribution in [1.29, 1.82) is 0 Å². The smallest absolute Gasteiger partial charge is 0.217 e. The van der Waals surface area contributed by atoms with Gasteiger partial charge in [-0.3, -0.25) is 19.2 Å². The van der Waals surface area contributed by atoms with Gasteiger partial charge in [-0.2, -0.15) is 0 Å². The Morgan fingerprint density at radius 3 is 1.24 bits per heavy atom. The van der Waals surface area contributed by atoms with Crippen molar-refractivity contribution >= 4 is 23.6 Å². The average molecular weight is 1600 g/mol. The molecular weight excluding hydrogens is 1490 g/mol. The second-order valence-corrected chi connectivity index (χ2v) is 27.5. The second kappa shape index (κ2) is 40.2. The Morgan fingerprint density at radius 1 is 0.358 bits per heavy atom. The maximum Gasteiger partial charge on any atom is 0.217 e. The summed E-state index contributed by atoms with van der Waals surface area (Å²) < 4.78 is 96.9. The molecule has 8 aliphatic rings. The monoisotopic (exact) mass is 1600 g/mol. The molecule has 109 heavy (non-hydrogen) atoms. The van der Waals surface area contributed by atoms with E-state index >= 15 is 0 Å². The lowest BCUT2D eigenvalue weighted by Gasteiger charge is -2.52. The zero-order chi connectivity index (χ0) is 80.6. The summed E-state index contributed by atoms with van der Waals surface area (Å²) in [7, 11) is 0. The highest BCUT2D eigenvalue weighted by Gasteiger charge is 2.61. The molecule has 48 nitrogen and oxygen atoms in total. The van der Waals surface area contributed by atoms with Crippen molar-refractivity contribution in [3.63, 3.8) is 0 Å². The average Bonchev–Trinajstić information content (AvgIpc) is 0.762. The number of aliphatic hydroxyl groups is 24. The molecule has 0 aromatic rings. The number of amides is 4. The van der Waals surface area contributed by atoms with E-state index in [4.69, 9.17) is 75.8 Å². The van der Waals surface area contributed by atoms with Crippen molar-refractivity contribution in [1.82, 2.24) is 21.3 Å². The maximum atomic E-state index is 13.3. The number of carbonyl (C=O) groups is 4. The fourth-order valence-corrected chi connectivity index (χ4v) is 13.7. The summed E-state index contributed by atoms with van der Waals surface area (Å²) in [6.45, 7) is -5.10. The summed E-state index contributed by atoms with van der Waals surface area (Å²) in [4.78, 5) is 51.1. The molecule has 0 saturated carbocycles. The zero-order valence-corrected chi connectivity index (χ0v) is 59.1. The first-order valence-electron chi connectivity index (χ1n) is 34.8. The van der Waals surface area contributed by atoms with Crippen LogP contribution >= 0.6 is 0 Å². The van der Waals surface area contributed by atoms with Crippen LogP contribution in [-0.4, -0.2) is 469 Å². The van der Waals surface area contributed by atoms with Crippen LogP contribution in [0.5, 0.6) is 0 Å². The zero-order valence-electron chi connectivity index (χ0n) is 59.1. The van der Waals surface area contributed by atoms with E-state index in [9.17, 15) is 142 Å². The van der Waals surface area contributed by atoms with Crippen molar-refractivity contribution in [3.05, 3.63) is 0 Å². The van der Waals surface area contributed by atoms with E-state index < -0.39 is 347 Å². The van der Waals surface area contributed by atoms with Gasteiger partial charge in [0.2, 0.25) is 23.6 Å². The van der Waals surface area contributed by atoms with Gasteiger partial charge in [0.15, 0.2) is 50.3 Å². The van der Waals surface area contributed by atoms with E-state index in [1.165, 1.54) is 6.92 Å². The molecule has 8 fully saturated rings. The SMILES string of the molecule is CC(=O)N[C@H]1[C@H](O[C@@H]([C@H](O[C@@H]2O[C@@H](C)[C@@H](O)[C@@H](O)[C@@H]2O)[C@H](CO)NC(C)=O)[C@H](O)CO)O[C@H](CO)[C@@H](O[C@@H]2O[C@H](CO[C@H]3O[C@H](CO)[C@@H](O)[C@H](O)[C@@H]3O[C@@H]3O[C@H](CO)[C@@H](O)[C@H](O)[C@H]3NC(C)=O)[C@@H](O)[C@H](O[C@H]3O[C@H](CO)[C@@H](O)[C@H](O)[C@@H]3O[C@@H]3O[C@H](CO)[C@@H](O)[C@H](O)[C@H]3NC(C)=O)[C@@H]2O[C@@H]2OC[C@@H](O)[C@H](O)[C@H]2O)[C@@H]1O. The quantitative estimate of drug-likeness (QED) is 0.0306. The Balaban J connectivity index is 1.25. The molecule has 4 amide bonds. The van der Waals surface area contributed by atoms with E-state index in [1.54, 1.807) is 0 Å². The molecule has 0 aliphatic carbocycles. The molecule has 632 valence electrons. The first kappa shape index (κ1) is 90.8. The third kappa shape index (κ3) is 20.9. The van der Waals surface area contributed by atoms with Gasteiger partial charge < -0.3 is 220 Å². The van der Waals surface area contributed by atoms with Crippen LogP contribution in [0.2, 0.25) is 0 Å². The van der Waals surface area contributed by atoms with Crippen LogP contribution < -0.4 is 21.3 Å². The molecule has 0 aromatic carbocycles. The Labute approximate surface area is 618 Å². The molecule has 28 N–H and O–H groups in total. The van der Waals surface area contributed by atoms with E-state index in [1.807, 2.05) is 0 Å². The summed E-state index contributed by atoms with van der Waals surface area (Å²) in [5.74, 6) is -3.68. The minimum absolute atomic E-state index is 0.857. The van der Waals surface area contributed by atoms with Gasteiger partial charge in [-0.05, 0) is 6.92 Å². The fraction of sp³-hybridized carbons (Fsp3) is 0.934. The van der Waals surface area contributed by atoms with E-state index in [0.29, 0.717) is 0 Å². The number of aliphatic hydroxyl groups excluding tert-OH is 24. The van der Waals surface area contributed by atoms with Gasteiger partial charge in [0, 0.05) is 27.7 Å². The molecule has 43 atom stereocenters. The Morgan fingerprint density at radius 2 is 0.761 bits per heavy atom. The van der Waals surface area contributed by atoms with Gasteiger partial charge in [-0.25, -0.2) is 0 Å². The van der Waals surface area contributed by atoms with E-state index in [0.717, 1.165) is 27.7 Å². The molecule has 0 aromatic heterocycles. The highest BCUT2D eigenvalue weighted by atomic mass is 16.8. The van der Waals surface area contributed by atoms with Crippen LogP contribution in [0.15, 0.2) is 0 Å². The summed E-state index contributed by atoms with van der Waals surface area (Å²) in [5.41, 5.74) is 0. The van der Waals surface area contributed by atoms with Crippen molar-refractivity contribution in [2.75, 3.05) is 59.5 Å². The first-order chi connectivity index (χ1) is 51.5. The van der Waals surface area contributed by atoms with Crippen LogP contribution in [0.4, 0.5) is 0 Å². The predicted molar refractivity (Wildman–Crippen MR) is 338 cm³/mol. The molecule has 0 spiro atoms. The molecule has 8 rings (SSSR count). The number of hydrogen-bond donors (Lipinski definition) is 28. The lowest BCUT2D eigenvalue weighted by Crippen LogP contribution is -2.71. The predicted octanol–water partition coefficient (Wildman–Crippen LogP) is -18.7. The summed E-state index contributed by atoms with van der Waals surface area (Å²) in [6.07, 6.45) is -82.9. The number of carbonyl (C=O) groups excluding carboxylic acids is 4. The van der Waals surface area contributed by atoms with Gasteiger partial charge in [0.05, 0.1) is 71.6 Å². The normalized spacial score (nSPS) is 46.2. The molecule has 0 radical (unpaired) electrons. The summed E-state index contributed by atoms with van der Waals surface area (Å²) >= 11 is 0. The number of rotatable bonds is 31. The number of ether oxygens (including phenoxy) is 16. The molecule has 0 bridgehead atoms. The lowest BCUT2D eigenvalue weighted by molar-refractivity contribution is -0.411. The van der Waals surface area contributed by atoms with Crippen molar-refractivity contribution in [2.24, 2.45) is 0 Å². The standard InChI is InChI=1S/C61H104N4O44/c1-15-32(79)42(89)46(93)58(96-15)103-47(20(6-66)62-16(2)73)48(21(77)7-67)104-56-31(65-19(5)76)41(88)49(27(12-72)101-56)105-61-53(109-57-45(92)33(80)22(78)13-94-57)50(106-60-52(44(91)37(84)26(11-71)100-60)108-55-30(64-18(4)75)40(87)35(82)24(9-69)98-55)38(85)28(102-61)14-95-59-51(43(90)36(83)25(10-70)99-59)107-54-29(63-17(3)74)39(86)34(81)23(8-68)97-54/h15,20-61,66-72,77-93H,6-14H2,1-5H3,(H,62,73)(H,63,74)(H,64,75)(H,65,76)/t15-,20-,21+,22+,23+,24+,25+,26+,27+,28+,29+,30+,31+,32+,33-,34+,35+,36+,37+,38+,39+,40+,41+,42+,43-,44-,45+,46-,47+,48+,49+,50-,51-,52-,53-,54-,55-,56-,57-,58-,59-,60+,61-/m0/s1. The van der Waals surface area contributed by atoms with E-state index in [2.05, 4.69) is 21.3 Å².